The summed E-state index contributed by atoms with van der Waals surface area (Å²) in [5.41, 5.74) is -2.27. The number of hydrogen-bond acceptors (Lipinski definition) is 11. The van der Waals surface area contributed by atoms with Crippen LogP contribution in [-0.4, -0.2) is 40.2 Å². The fourth-order valence-corrected chi connectivity index (χ4v) is 7.80. The van der Waals surface area contributed by atoms with Crippen molar-refractivity contribution in [2.45, 2.75) is 74.5 Å². The van der Waals surface area contributed by atoms with Crippen molar-refractivity contribution in [2.75, 3.05) is 14.2 Å². The standard InChI is InChI=1S/C37H32F6N4O9/c1-53-33-29(36(38,39)40)13-19(17-44-33)23-5-3-7-25(23)27-15-21(46(49)50)9-11-31(27)55-35(48)56-32-12-10-22(47(51)52)16-28(32)26-8-4-6-24(26)20-14-30(37(41,42)43)34(54-2)45-18-20/h9-18,23-26H,3-8H2,1-2H3/t23-,24-,25+,26+/m0/s1. The van der Waals surface area contributed by atoms with Crippen LogP contribution < -0.4 is 18.9 Å². The van der Waals surface area contributed by atoms with E-state index < -0.39 is 74.9 Å². The number of ether oxygens (including phenoxy) is 4. The molecule has 2 fully saturated rings. The maximum atomic E-state index is 13.9. The third-order valence-corrected chi connectivity index (χ3v) is 10.2. The molecule has 2 heterocycles. The Hall–Kier alpha value is -6.01. The van der Waals surface area contributed by atoms with Gasteiger partial charge in [0, 0.05) is 47.8 Å². The lowest BCUT2D eigenvalue weighted by Gasteiger charge is -2.24. The van der Waals surface area contributed by atoms with E-state index in [9.17, 15) is 51.4 Å². The number of rotatable bonds is 10. The number of non-ortho nitro benzene ring substituents is 2. The first kappa shape index (κ1) is 39.7. The predicted octanol–water partition coefficient (Wildman–Crippen LogP) is 10.0. The van der Waals surface area contributed by atoms with Crippen molar-refractivity contribution in [3.05, 3.63) is 115 Å². The summed E-state index contributed by atoms with van der Waals surface area (Å²) >= 11 is 0. The number of halogens is 6. The maximum Gasteiger partial charge on any atom is 0.519 e. The van der Waals surface area contributed by atoms with Gasteiger partial charge in [-0.3, -0.25) is 20.2 Å². The molecule has 0 N–H and O–H groups in total. The molecule has 0 unspecified atom stereocenters. The third-order valence-electron chi connectivity index (χ3n) is 10.2. The van der Waals surface area contributed by atoms with Crippen LogP contribution in [0, 0.1) is 20.2 Å². The van der Waals surface area contributed by atoms with E-state index in [1.807, 2.05) is 0 Å². The van der Waals surface area contributed by atoms with E-state index >= 15 is 0 Å². The Morgan fingerprint density at radius 2 is 1.02 bits per heavy atom. The molecule has 296 valence electrons. The molecule has 0 radical (unpaired) electrons. The van der Waals surface area contributed by atoms with Gasteiger partial charge >= 0.3 is 18.5 Å². The fraction of sp³-hybridized carbons (Fsp3) is 0.378. The van der Waals surface area contributed by atoms with Crippen LogP contribution in [0.15, 0.2) is 60.9 Å². The lowest BCUT2D eigenvalue weighted by molar-refractivity contribution is -0.385. The smallest absolute Gasteiger partial charge is 0.481 e. The average molecular weight is 791 g/mol. The van der Waals surface area contributed by atoms with Gasteiger partial charge in [-0.1, -0.05) is 12.8 Å². The van der Waals surface area contributed by atoms with Gasteiger partial charge in [0.05, 0.1) is 24.1 Å². The number of pyridine rings is 2. The zero-order chi connectivity index (χ0) is 40.5. The highest BCUT2D eigenvalue weighted by molar-refractivity contribution is 5.69. The second-order valence-corrected chi connectivity index (χ2v) is 13.3. The zero-order valence-corrected chi connectivity index (χ0v) is 29.6. The zero-order valence-electron chi connectivity index (χ0n) is 29.6. The van der Waals surface area contributed by atoms with Gasteiger partial charge in [-0.05, 0) is 84.7 Å². The summed E-state index contributed by atoms with van der Waals surface area (Å²) in [4.78, 5) is 43.4. The molecule has 2 aliphatic carbocycles. The summed E-state index contributed by atoms with van der Waals surface area (Å²) in [6.45, 7) is 0. The average Bonchev–Trinajstić information content (AvgIpc) is 3.85. The lowest BCUT2D eigenvalue weighted by Crippen LogP contribution is -2.18. The number of hydrogen-bond donors (Lipinski definition) is 0. The van der Waals surface area contributed by atoms with Crippen LogP contribution in [0.1, 0.15) is 95.6 Å². The third kappa shape index (κ3) is 8.16. The minimum absolute atomic E-state index is 0.148. The Kier molecular flexibility index (Phi) is 11.1. The predicted molar refractivity (Wildman–Crippen MR) is 183 cm³/mol. The molecule has 4 aromatic rings. The topological polar surface area (TPSA) is 166 Å². The van der Waals surface area contributed by atoms with E-state index in [2.05, 4.69) is 9.97 Å². The van der Waals surface area contributed by atoms with Crippen molar-refractivity contribution >= 4 is 17.5 Å². The Labute approximate surface area is 313 Å². The van der Waals surface area contributed by atoms with Gasteiger partial charge in [-0.25, -0.2) is 14.8 Å². The van der Waals surface area contributed by atoms with E-state index in [1.165, 1.54) is 24.5 Å². The summed E-state index contributed by atoms with van der Waals surface area (Å²) in [6, 6.07) is 8.65. The molecule has 0 spiro atoms. The van der Waals surface area contributed by atoms with Crippen LogP contribution in [0.5, 0.6) is 23.3 Å². The Balaban J connectivity index is 1.33. The number of aromatic nitrogens is 2. The van der Waals surface area contributed by atoms with Gasteiger partial charge in [-0.2, -0.15) is 26.3 Å². The van der Waals surface area contributed by atoms with Gasteiger partial charge in [-0.15, -0.1) is 0 Å². The molecule has 2 aliphatic rings. The summed E-state index contributed by atoms with van der Waals surface area (Å²) in [7, 11) is 2.11. The maximum absolute atomic E-state index is 13.9. The van der Waals surface area contributed by atoms with E-state index in [4.69, 9.17) is 18.9 Å². The first-order valence-corrected chi connectivity index (χ1v) is 17.2. The fourth-order valence-electron chi connectivity index (χ4n) is 7.80. The summed E-state index contributed by atoms with van der Waals surface area (Å²) in [5, 5.41) is 23.6. The van der Waals surface area contributed by atoms with E-state index in [1.54, 1.807) is 0 Å². The number of benzene rings is 2. The second kappa shape index (κ2) is 15.6. The van der Waals surface area contributed by atoms with Crippen molar-refractivity contribution in [3.8, 4) is 23.3 Å². The number of carbonyl (C=O) groups is 1. The van der Waals surface area contributed by atoms with Gasteiger partial charge in [0.1, 0.15) is 22.6 Å². The van der Waals surface area contributed by atoms with Crippen molar-refractivity contribution < 1.29 is 59.9 Å². The molecular weight excluding hydrogens is 758 g/mol. The van der Waals surface area contributed by atoms with Gasteiger partial charge in [0.15, 0.2) is 0 Å². The second-order valence-electron chi connectivity index (χ2n) is 13.3. The SMILES string of the molecule is COc1ncc([C@@H]2CCC[C@H]2c2cc([N+](=O)[O-])ccc2OC(=O)Oc2ccc([N+](=O)[O-])cc2[C@@H]2CCC[C@H]2c2cnc(OC)c(C(F)(F)F)c2)cc1C(F)(F)F. The molecule has 13 nitrogen and oxygen atoms in total. The number of nitro groups is 2. The van der Waals surface area contributed by atoms with Crippen LogP contribution in [0.2, 0.25) is 0 Å². The molecule has 19 heteroatoms. The van der Waals surface area contributed by atoms with Crippen LogP contribution >= 0.6 is 0 Å². The molecule has 4 atom stereocenters. The summed E-state index contributed by atoms with van der Waals surface area (Å²) in [6.07, 6.45) is -5.96. The number of nitro benzene ring substituents is 2. The largest absolute Gasteiger partial charge is 0.519 e. The molecule has 2 aromatic heterocycles. The van der Waals surface area contributed by atoms with Crippen molar-refractivity contribution in [1.29, 1.82) is 0 Å². The lowest BCUT2D eigenvalue weighted by atomic mass is 9.83. The Morgan fingerprint density at radius 3 is 1.36 bits per heavy atom. The first-order valence-electron chi connectivity index (χ1n) is 17.2. The van der Waals surface area contributed by atoms with Crippen LogP contribution in [-0.2, 0) is 12.4 Å². The molecule has 0 amide bonds. The van der Waals surface area contributed by atoms with Crippen molar-refractivity contribution in [1.82, 2.24) is 9.97 Å². The molecule has 6 rings (SSSR count). The molecule has 0 aliphatic heterocycles. The van der Waals surface area contributed by atoms with Crippen molar-refractivity contribution in [3.63, 3.8) is 0 Å². The van der Waals surface area contributed by atoms with E-state index in [-0.39, 0.29) is 45.1 Å². The van der Waals surface area contributed by atoms with Crippen molar-refractivity contribution in [2.24, 2.45) is 0 Å². The van der Waals surface area contributed by atoms with E-state index in [0.717, 1.165) is 50.6 Å². The van der Waals surface area contributed by atoms with Gasteiger partial charge < -0.3 is 18.9 Å². The highest BCUT2D eigenvalue weighted by Gasteiger charge is 2.41. The number of alkyl halides is 6. The monoisotopic (exact) mass is 790 g/mol. The van der Waals surface area contributed by atoms with Gasteiger partial charge in [0.25, 0.3) is 11.4 Å². The molecule has 0 bridgehead atoms. The number of methoxy groups -OCH3 is 2. The van der Waals surface area contributed by atoms with Crippen LogP contribution in [0.4, 0.5) is 42.5 Å². The molecule has 56 heavy (non-hydrogen) atoms. The van der Waals surface area contributed by atoms with Crippen LogP contribution in [0.25, 0.3) is 0 Å². The molecule has 2 aromatic carbocycles. The minimum Gasteiger partial charge on any atom is -0.481 e. The number of carbonyl (C=O) groups excluding carboxylic acids is 1. The number of nitrogens with zero attached hydrogens (tertiary/aromatic N) is 4. The molecule has 0 saturated heterocycles. The van der Waals surface area contributed by atoms with Gasteiger partial charge in [0.2, 0.25) is 11.8 Å². The van der Waals surface area contributed by atoms with Crippen LogP contribution in [0.3, 0.4) is 0 Å². The summed E-state index contributed by atoms with van der Waals surface area (Å²) in [5.74, 6) is -4.19. The highest BCUT2D eigenvalue weighted by Crippen LogP contribution is 2.52. The highest BCUT2D eigenvalue weighted by atomic mass is 19.4. The Morgan fingerprint density at radius 1 is 0.643 bits per heavy atom. The quantitative estimate of drug-likeness (QED) is 0.0493. The Bertz CT molecular complexity index is 2010. The first-order chi connectivity index (χ1) is 26.5. The van der Waals surface area contributed by atoms with E-state index in [0.29, 0.717) is 38.5 Å². The minimum atomic E-state index is -4.79. The molecular formula is C37H32F6N4O9. The summed E-state index contributed by atoms with van der Waals surface area (Å²) < 4.78 is 104. The molecule has 2 saturated carbocycles. The normalized spacial score (nSPS) is 19.7.